The number of primary amides is 1. The SMILES string of the molecule is C=CCC(CC)C(=O)N=C(N)OC(N)=O. The summed E-state index contributed by atoms with van der Waals surface area (Å²) in [5.41, 5.74) is 9.83. The minimum atomic E-state index is -1.10. The van der Waals surface area contributed by atoms with Crippen LogP contribution in [0, 0.1) is 5.92 Å². The summed E-state index contributed by atoms with van der Waals surface area (Å²) < 4.78 is 4.21. The molecule has 0 radical (unpaired) electrons. The Balaban J connectivity index is 4.42. The number of aliphatic imine (C=N–C) groups is 1. The maximum atomic E-state index is 11.4. The van der Waals surface area contributed by atoms with E-state index in [2.05, 4.69) is 22.0 Å². The number of carbonyl (C=O) groups is 2. The number of nitrogens with two attached hydrogens (primary N) is 2. The Morgan fingerprint density at radius 2 is 2.13 bits per heavy atom. The molecule has 6 heteroatoms. The molecule has 0 fully saturated rings. The molecule has 0 saturated heterocycles. The number of amides is 2. The molecular weight excluding hydrogens is 198 g/mol. The van der Waals surface area contributed by atoms with Crippen LogP contribution in [0.15, 0.2) is 17.6 Å². The molecule has 0 bridgehead atoms. The molecule has 0 aromatic heterocycles. The fraction of sp³-hybridized carbons (Fsp3) is 0.444. The van der Waals surface area contributed by atoms with Crippen molar-refractivity contribution in [1.29, 1.82) is 0 Å². The third-order valence-electron chi connectivity index (χ3n) is 1.72. The highest BCUT2D eigenvalue weighted by Crippen LogP contribution is 2.10. The predicted octanol–water partition coefficient (Wildman–Crippen LogP) is 0.525. The molecule has 0 heterocycles. The van der Waals surface area contributed by atoms with Gasteiger partial charge < -0.3 is 16.2 Å². The monoisotopic (exact) mass is 213 g/mol. The first-order chi connectivity index (χ1) is 7.01. The van der Waals surface area contributed by atoms with Crippen LogP contribution in [0.1, 0.15) is 19.8 Å². The predicted molar refractivity (Wildman–Crippen MR) is 55.9 cm³/mol. The fourth-order valence-corrected chi connectivity index (χ4v) is 0.969. The smallest absolute Gasteiger partial charge is 0.376 e. The summed E-state index contributed by atoms with van der Waals surface area (Å²) >= 11 is 0. The first-order valence-electron chi connectivity index (χ1n) is 4.47. The molecule has 6 nitrogen and oxygen atoms in total. The Morgan fingerprint density at radius 3 is 2.53 bits per heavy atom. The van der Waals surface area contributed by atoms with E-state index in [4.69, 9.17) is 5.73 Å². The Morgan fingerprint density at radius 1 is 1.53 bits per heavy atom. The first-order valence-corrected chi connectivity index (χ1v) is 4.47. The Kier molecular flexibility index (Phi) is 5.77. The van der Waals surface area contributed by atoms with Crippen LogP contribution in [-0.2, 0) is 9.53 Å². The first kappa shape index (κ1) is 13.2. The fourth-order valence-electron chi connectivity index (χ4n) is 0.969. The zero-order valence-corrected chi connectivity index (χ0v) is 8.60. The van der Waals surface area contributed by atoms with Crippen molar-refractivity contribution in [2.24, 2.45) is 22.4 Å². The van der Waals surface area contributed by atoms with Gasteiger partial charge in [0.25, 0.3) is 11.9 Å². The maximum absolute atomic E-state index is 11.4. The average molecular weight is 213 g/mol. The molecule has 0 rings (SSSR count). The molecule has 2 amide bonds. The van der Waals surface area contributed by atoms with Gasteiger partial charge in [0.15, 0.2) is 0 Å². The van der Waals surface area contributed by atoms with Crippen LogP contribution in [0.2, 0.25) is 0 Å². The zero-order chi connectivity index (χ0) is 11.8. The van der Waals surface area contributed by atoms with Crippen molar-refractivity contribution in [3.05, 3.63) is 12.7 Å². The second-order valence-corrected chi connectivity index (χ2v) is 2.84. The van der Waals surface area contributed by atoms with E-state index in [0.717, 1.165) is 0 Å². The quantitative estimate of drug-likeness (QED) is 0.403. The minimum absolute atomic E-state index is 0.294. The molecule has 0 spiro atoms. The van der Waals surface area contributed by atoms with Crippen LogP contribution in [0.5, 0.6) is 0 Å². The molecule has 0 aliphatic carbocycles. The van der Waals surface area contributed by atoms with Gasteiger partial charge in [0.1, 0.15) is 0 Å². The lowest BCUT2D eigenvalue weighted by Crippen LogP contribution is -2.27. The van der Waals surface area contributed by atoms with E-state index in [1.165, 1.54) is 0 Å². The van der Waals surface area contributed by atoms with Crippen molar-refractivity contribution in [3.63, 3.8) is 0 Å². The number of nitrogens with zero attached hydrogens (tertiary/aromatic N) is 1. The summed E-state index contributed by atoms with van der Waals surface area (Å²) in [4.78, 5) is 25.1. The number of ether oxygens (including phenoxy) is 1. The van der Waals surface area contributed by atoms with Crippen molar-refractivity contribution in [1.82, 2.24) is 0 Å². The van der Waals surface area contributed by atoms with E-state index in [-0.39, 0.29) is 5.92 Å². The summed E-state index contributed by atoms with van der Waals surface area (Å²) in [7, 11) is 0. The normalized spacial score (nSPS) is 13.0. The van der Waals surface area contributed by atoms with Crippen LogP contribution in [0.3, 0.4) is 0 Å². The molecule has 0 saturated carbocycles. The van der Waals surface area contributed by atoms with Gasteiger partial charge in [-0.05, 0) is 12.8 Å². The Labute approximate surface area is 88.0 Å². The lowest BCUT2D eigenvalue weighted by Gasteiger charge is -2.07. The topological polar surface area (TPSA) is 108 Å². The highest BCUT2D eigenvalue weighted by atomic mass is 16.6. The second-order valence-electron chi connectivity index (χ2n) is 2.84. The van der Waals surface area contributed by atoms with E-state index in [0.29, 0.717) is 12.8 Å². The molecule has 4 N–H and O–H groups in total. The van der Waals surface area contributed by atoms with E-state index >= 15 is 0 Å². The van der Waals surface area contributed by atoms with Crippen molar-refractivity contribution in [3.8, 4) is 0 Å². The van der Waals surface area contributed by atoms with Gasteiger partial charge in [-0.1, -0.05) is 13.0 Å². The molecule has 1 atom stereocenters. The molecule has 0 aliphatic heterocycles. The van der Waals surface area contributed by atoms with Crippen LogP contribution in [0.4, 0.5) is 4.79 Å². The van der Waals surface area contributed by atoms with Crippen LogP contribution < -0.4 is 11.5 Å². The lowest BCUT2D eigenvalue weighted by atomic mass is 10.0. The standard InChI is InChI=1S/C9H15N3O3/c1-3-5-6(4-2)7(13)12-8(10)15-9(11)14/h3,6H,1,4-5H2,2H3,(H2,11,14)(H2,10,12,13). The number of rotatable bonds is 4. The summed E-state index contributed by atoms with van der Waals surface area (Å²) in [6, 6.07) is -0.532. The third-order valence-corrected chi connectivity index (χ3v) is 1.72. The average Bonchev–Trinajstić information content (AvgIpc) is 2.12. The van der Waals surface area contributed by atoms with E-state index in [1.54, 1.807) is 6.08 Å². The summed E-state index contributed by atoms with van der Waals surface area (Å²) in [6.07, 6.45) is 1.63. The van der Waals surface area contributed by atoms with Crippen LogP contribution >= 0.6 is 0 Å². The molecule has 84 valence electrons. The van der Waals surface area contributed by atoms with Crippen molar-refractivity contribution >= 4 is 18.0 Å². The van der Waals surface area contributed by atoms with Crippen LogP contribution in [0.25, 0.3) is 0 Å². The summed E-state index contributed by atoms with van der Waals surface area (Å²) in [6.45, 7) is 5.36. The van der Waals surface area contributed by atoms with Crippen molar-refractivity contribution < 1.29 is 14.3 Å². The van der Waals surface area contributed by atoms with Gasteiger partial charge in [-0.3, -0.25) is 4.79 Å². The van der Waals surface area contributed by atoms with Crippen molar-refractivity contribution in [2.45, 2.75) is 19.8 Å². The third kappa shape index (κ3) is 5.45. The largest absolute Gasteiger partial charge is 0.412 e. The van der Waals surface area contributed by atoms with Gasteiger partial charge >= 0.3 is 6.09 Å². The maximum Gasteiger partial charge on any atom is 0.412 e. The van der Waals surface area contributed by atoms with E-state index < -0.39 is 18.0 Å². The molecule has 0 aromatic rings. The molecule has 15 heavy (non-hydrogen) atoms. The Bertz CT molecular complexity index is 286. The van der Waals surface area contributed by atoms with Gasteiger partial charge in [-0.15, -0.1) is 6.58 Å². The van der Waals surface area contributed by atoms with E-state index in [1.807, 2.05) is 6.92 Å². The Hall–Kier alpha value is -1.85. The minimum Gasteiger partial charge on any atom is -0.376 e. The number of allylic oxidation sites excluding steroid dienone is 1. The van der Waals surface area contributed by atoms with Gasteiger partial charge in [0.05, 0.1) is 0 Å². The number of hydrogen-bond acceptors (Lipinski definition) is 3. The molecule has 0 aromatic carbocycles. The number of carbonyl (C=O) groups excluding carboxylic acids is 2. The highest BCUT2D eigenvalue weighted by molar-refractivity contribution is 5.94. The zero-order valence-electron chi connectivity index (χ0n) is 8.60. The highest BCUT2D eigenvalue weighted by Gasteiger charge is 2.15. The summed E-state index contributed by atoms with van der Waals surface area (Å²) in [5, 5.41) is 0. The van der Waals surface area contributed by atoms with Crippen molar-refractivity contribution in [2.75, 3.05) is 0 Å². The van der Waals surface area contributed by atoms with Gasteiger partial charge in [0.2, 0.25) is 0 Å². The number of hydrogen-bond donors (Lipinski definition) is 2. The summed E-state index contributed by atoms with van der Waals surface area (Å²) in [5.74, 6) is -0.742. The van der Waals surface area contributed by atoms with Gasteiger partial charge in [-0.25, -0.2) is 4.79 Å². The second kappa shape index (κ2) is 6.58. The molecule has 0 aliphatic rings. The van der Waals surface area contributed by atoms with Gasteiger partial charge in [0, 0.05) is 5.92 Å². The van der Waals surface area contributed by atoms with Gasteiger partial charge in [-0.2, -0.15) is 4.99 Å². The van der Waals surface area contributed by atoms with Crippen LogP contribution in [-0.4, -0.2) is 18.0 Å². The lowest BCUT2D eigenvalue weighted by molar-refractivity contribution is -0.121. The molecular formula is C9H15N3O3. The number of amidine groups is 1. The molecule has 1 unspecified atom stereocenters. The van der Waals surface area contributed by atoms with E-state index in [9.17, 15) is 9.59 Å².